The van der Waals surface area contributed by atoms with Crippen LogP contribution in [0.3, 0.4) is 0 Å². The van der Waals surface area contributed by atoms with Crippen LogP contribution in [0.25, 0.3) is 0 Å². The summed E-state index contributed by atoms with van der Waals surface area (Å²) in [6.45, 7) is 1.68. The number of benzene rings is 2. The van der Waals surface area contributed by atoms with Crippen LogP contribution < -0.4 is 19.5 Å². The monoisotopic (exact) mass is 459 g/mol. The Morgan fingerprint density at radius 3 is 2.44 bits per heavy atom. The van der Waals surface area contributed by atoms with Gasteiger partial charge in [-0.25, -0.2) is 4.39 Å². The van der Waals surface area contributed by atoms with Gasteiger partial charge in [0.2, 0.25) is 0 Å². The summed E-state index contributed by atoms with van der Waals surface area (Å²) >= 11 is 5.90. The number of ether oxygens (including phenoxy) is 4. The highest BCUT2D eigenvalue weighted by Crippen LogP contribution is 2.34. The molecule has 168 valence electrons. The molecule has 8 heteroatoms. The van der Waals surface area contributed by atoms with Crippen LogP contribution in [0.4, 0.5) is 4.39 Å². The number of hydrogen-bond acceptors (Lipinski definition) is 5. The number of halogens is 2. The zero-order valence-corrected chi connectivity index (χ0v) is 18.4. The zero-order chi connectivity index (χ0) is 23.5. The summed E-state index contributed by atoms with van der Waals surface area (Å²) in [4.78, 5) is 12.7. The lowest BCUT2D eigenvalue weighted by Crippen LogP contribution is -2.37. The third-order valence-corrected chi connectivity index (χ3v) is 4.42. The minimum absolute atomic E-state index is 0.0328. The van der Waals surface area contributed by atoms with Gasteiger partial charge in [-0.05, 0) is 24.6 Å². The smallest absolute Gasteiger partial charge is 0.253 e. The molecule has 0 heterocycles. The van der Waals surface area contributed by atoms with Crippen molar-refractivity contribution in [1.29, 1.82) is 0 Å². The molecule has 2 aromatic rings. The molecule has 1 unspecified atom stereocenters. The number of carbonyl (C=O) groups excluding carboxylic acids is 1. The molecule has 2 aromatic carbocycles. The van der Waals surface area contributed by atoms with Crippen LogP contribution in [-0.4, -0.2) is 38.9 Å². The average molecular weight is 460 g/mol. The van der Waals surface area contributed by atoms with Gasteiger partial charge < -0.3 is 24.3 Å². The molecule has 0 aromatic heterocycles. The summed E-state index contributed by atoms with van der Waals surface area (Å²) in [5.74, 6) is 3.92. The van der Waals surface area contributed by atoms with Gasteiger partial charge in [0.05, 0.1) is 13.7 Å². The summed E-state index contributed by atoms with van der Waals surface area (Å²) in [6.07, 6.45) is 8.90. The second kappa shape index (κ2) is 12.5. The van der Waals surface area contributed by atoms with Crippen LogP contribution in [-0.2, 0) is 9.53 Å². The predicted octanol–water partition coefficient (Wildman–Crippen LogP) is 3.77. The Bertz CT molecular complexity index is 997. The molecule has 0 spiro atoms. The lowest BCUT2D eigenvalue weighted by molar-refractivity contribution is -0.132. The summed E-state index contributed by atoms with van der Waals surface area (Å²) in [5, 5.41) is 3.25. The quantitative estimate of drug-likeness (QED) is 0.518. The molecule has 0 saturated heterocycles. The molecular formula is C24H23ClFNO5. The molecule has 2 atom stereocenters. The maximum atomic E-state index is 14.4. The Balaban J connectivity index is 2.03. The van der Waals surface area contributed by atoms with Crippen LogP contribution in [0.15, 0.2) is 36.4 Å². The highest BCUT2D eigenvalue weighted by Gasteiger charge is 2.22. The van der Waals surface area contributed by atoms with E-state index in [1.54, 1.807) is 31.2 Å². The number of hydrogen-bond donors (Lipinski definition) is 1. The van der Waals surface area contributed by atoms with Crippen molar-refractivity contribution < 1.29 is 28.1 Å². The molecule has 32 heavy (non-hydrogen) atoms. The largest absolute Gasteiger partial charge is 0.493 e. The van der Waals surface area contributed by atoms with Crippen molar-refractivity contribution in [1.82, 2.24) is 5.32 Å². The van der Waals surface area contributed by atoms with E-state index in [0.29, 0.717) is 10.6 Å². The zero-order valence-electron chi connectivity index (χ0n) is 17.7. The van der Waals surface area contributed by atoms with Crippen molar-refractivity contribution in [2.75, 3.05) is 26.9 Å². The lowest BCUT2D eigenvalue weighted by Gasteiger charge is -2.20. The van der Waals surface area contributed by atoms with Crippen molar-refractivity contribution in [2.45, 2.75) is 19.1 Å². The first-order valence-electron chi connectivity index (χ1n) is 9.58. The van der Waals surface area contributed by atoms with Gasteiger partial charge >= 0.3 is 0 Å². The molecule has 1 amide bonds. The maximum absolute atomic E-state index is 14.4. The van der Waals surface area contributed by atoms with E-state index in [1.165, 1.54) is 13.2 Å². The third-order valence-electron chi connectivity index (χ3n) is 4.17. The van der Waals surface area contributed by atoms with Crippen molar-refractivity contribution in [3.05, 3.63) is 52.8 Å². The molecule has 1 N–H and O–H groups in total. The number of methoxy groups -OCH3 is 1. The fourth-order valence-electron chi connectivity index (χ4n) is 2.69. The Labute approximate surface area is 192 Å². The number of carbonyl (C=O) groups is 1. The van der Waals surface area contributed by atoms with Crippen molar-refractivity contribution in [2.24, 2.45) is 0 Å². The Morgan fingerprint density at radius 1 is 1.12 bits per heavy atom. The van der Waals surface area contributed by atoms with Gasteiger partial charge in [0.15, 0.2) is 29.2 Å². The number of amides is 1. The molecule has 0 saturated carbocycles. The van der Waals surface area contributed by atoms with Crippen LogP contribution in [0.1, 0.15) is 18.6 Å². The lowest BCUT2D eigenvalue weighted by atomic mass is 10.1. The van der Waals surface area contributed by atoms with E-state index in [1.807, 2.05) is 0 Å². The molecule has 6 nitrogen and oxygen atoms in total. The highest BCUT2D eigenvalue weighted by molar-refractivity contribution is 6.30. The molecule has 0 aliphatic heterocycles. The fourth-order valence-corrected chi connectivity index (χ4v) is 2.81. The summed E-state index contributed by atoms with van der Waals surface area (Å²) < 4.78 is 36.0. The number of rotatable bonds is 11. The van der Waals surface area contributed by atoms with Gasteiger partial charge in [0.25, 0.3) is 5.91 Å². The molecule has 0 aliphatic rings. The van der Waals surface area contributed by atoms with E-state index < -0.39 is 23.9 Å². The Hall–Kier alpha value is -3.39. The summed E-state index contributed by atoms with van der Waals surface area (Å²) in [7, 11) is 1.41. The summed E-state index contributed by atoms with van der Waals surface area (Å²) in [6, 6.07) is 9.13. The first-order valence-corrected chi connectivity index (χ1v) is 9.96. The van der Waals surface area contributed by atoms with E-state index in [9.17, 15) is 9.18 Å². The van der Waals surface area contributed by atoms with E-state index in [0.717, 1.165) is 6.07 Å². The van der Waals surface area contributed by atoms with Gasteiger partial charge in [-0.3, -0.25) is 4.79 Å². The highest BCUT2D eigenvalue weighted by atomic mass is 35.5. The van der Waals surface area contributed by atoms with E-state index in [2.05, 4.69) is 17.2 Å². The van der Waals surface area contributed by atoms with Gasteiger partial charge in [0, 0.05) is 17.2 Å². The van der Waals surface area contributed by atoms with E-state index >= 15 is 0 Å². The predicted molar refractivity (Wildman–Crippen MR) is 119 cm³/mol. The molecule has 0 aliphatic carbocycles. The molecule has 2 rings (SSSR count). The maximum Gasteiger partial charge on any atom is 0.253 e. The van der Waals surface area contributed by atoms with Gasteiger partial charge in [-0.15, -0.1) is 12.8 Å². The van der Waals surface area contributed by atoms with Crippen molar-refractivity contribution >= 4 is 17.5 Å². The van der Waals surface area contributed by atoms with Crippen LogP contribution in [0.2, 0.25) is 5.02 Å². The number of terminal acetylenes is 2. The van der Waals surface area contributed by atoms with Crippen molar-refractivity contribution in [3.8, 4) is 41.9 Å². The topological polar surface area (TPSA) is 66.0 Å². The second-order valence-corrected chi connectivity index (χ2v) is 6.98. The van der Waals surface area contributed by atoms with Crippen LogP contribution >= 0.6 is 11.6 Å². The fraction of sp³-hybridized carbons (Fsp3) is 0.292. The van der Waals surface area contributed by atoms with Crippen LogP contribution in [0, 0.1) is 30.5 Å². The second-order valence-electron chi connectivity index (χ2n) is 6.55. The summed E-state index contributed by atoms with van der Waals surface area (Å²) in [5.41, 5.74) is 0.592. The third kappa shape index (κ3) is 7.09. The average Bonchev–Trinajstić information content (AvgIpc) is 2.79. The normalized spacial score (nSPS) is 12.1. The molecule has 0 radical (unpaired) electrons. The Morgan fingerprint density at radius 2 is 1.81 bits per heavy atom. The first-order chi connectivity index (χ1) is 15.4. The SMILES string of the molecule is C#CCOc1cc(F)c(O[C@@H](C)CNC(=O)C(OCC#C)c2ccc(Cl)cc2)cc1OC. The Kier molecular flexibility index (Phi) is 9.69. The van der Waals surface area contributed by atoms with E-state index in [4.69, 9.17) is 43.4 Å². The van der Waals surface area contributed by atoms with E-state index in [-0.39, 0.29) is 37.0 Å². The van der Waals surface area contributed by atoms with Crippen molar-refractivity contribution in [3.63, 3.8) is 0 Å². The minimum Gasteiger partial charge on any atom is -0.493 e. The van der Waals surface area contributed by atoms with Gasteiger partial charge in [-0.2, -0.15) is 0 Å². The first kappa shape index (κ1) is 24.9. The van der Waals surface area contributed by atoms with Gasteiger partial charge in [-0.1, -0.05) is 35.6 Å². The minimum atomic E-state index is -0.931. The standard InChI is InChI=1S/C24H23ClFNO5/c1-5-11-30-22-13-19(26)20(14-21(22)29-4)32-16(3)15-27-24(28)23(31-12-6-2)17-7-9-18(25)10-8-17/h1-2,7-10,13-14,16,23H,11-12,15H2,3-4H3,(H,27,28)/t16-,23?/m0/s1. The molecular weight excluding hydrogens is 437 g/mol. The van der Waals surface area contributed by atoms with Gasteiger partial charge in [0.1, 0.15) is 19.3 Å². The molecule has 0 fully saturated rings. The molecule has 0 bridgehead atoms. The van der Waals surface area contributed by atoms with Crippen LogP contribution in [0.5, 0.6) is 17.2 Å². The number of nitrogens with one attached hydrogen (secondary N) is 1.